The van der Waals surface area contributed by atoms with Gasteiger partial charge in [0.15, 0.2) is 11.0 Å². The summed E-state index contributed by atoms with van der Waals surface area (Å²) in [6.07, 6.45) is 0. The molecule has 4 rings (SSSR count). The fraction of sp³-hybridized carbons (Fsp3) is 0.0455. The second-order valence-corrected chi connectivity index (χ2v) is 7.24. The van der Waals surface area contributed by atoms with Gasteiger partial charge in [0.25, 0.3) is 0 Å². The van der Waals surface area contributed by atoms with E-state index in [1.807, 2.05) is 30.3 Å². The fourth-order valence-electron chi connectivity index (χ4n) is 2.84. The van der Waals surface area contributed by atoms with Gasteiger partial charge in [-0.1, -0.05) is 42.1 Å². The number of thioether (sulfide) groups is 1. The van der Waals surface area contributed by atoms with Crippen LogP contribution < -0.4 is 5.32 Å². The summed E-state index contributed by atoms with van der Waals surface area (Å²) >= 11 is 1.17. The first-order valence-corrected chi connectivity index (χ1v) is 10.0. The van der Waals surface area contributed by atoms with Crippen molar-refractivity contribution in [2.75, 3.05) is 11.1 Å². The molecular weight excluding hydrogens is 406 g/mol. The molecule has 0 unspecified atom stereocenters. The standard InChI is InChI=1S/C22H16F2N4OS/c23-16-12-10-15(11-13-16)21-26-27-22(28(21)17-6-2-1-3-7-17)30-14-20(29)25-19-9-5-4-8-18(19)24/h1-13H,14H2,(H,25,29). The Morgan fingerprint density at radius 3 is 2.33 bits per heavy atom. The molecule has 0 aliphatic heterocycles. The van der Waals surface area contributed by atoms with E-state index in [1.165, 1.54) is 36.0 Å². The van der Waals surface area contributed by atoms with Gasteiger partial charge in [0, 0.05) is 11.3 Å². The van der Waals surface area contributed by atoms with Gasteiger partial charge in [0.1, 0.15) is 11.6 Å². The second kappa shape index (κ2) is 8.87. The lowest BCUT2D eigenvalue weighted by Gasteiger charge is -2.10. The quantitative estimate of drug-likeness (QED) is 0.447. The third kappa shape index (κ3) is 4.38. The molecule has 30 heavy (non-hydrogen) atoms. The zero-order valence-corrected chi connectivity index (χ0v) is 16.4. The van der Waals surface area contributed by atoms with E-state index in [-0.39, 0.29) is 23.2 Å². The van der Waals surface area contributed by atoms with Crippen LogP contribution in [0.1, 0.15) is 0 Å². The maximum absolute atomic E-state index is 13.7. The summed E-state index contributed by atoms with van der Waals surface area (Å²) in [5.41, 5.74) is 1.62. The van der Waals surface area contributed by atoms with Crippen molar-refractivity contribution in [3.05, 3.63) is 90.5 Å². The zero-order chi connectivity index (χ0) is 20.9. The molecule has 0 radical (unpaired) electrons. The Bertz CT molecular complexity index is 1160. The van der Waals surface area contributed by atoms with E-state index in [1.54, 1.807) is 28.8 Å². The molecule has 3 aromatic carbocycles. The lowest BCUT2D eigenvalue weighted by molar-refractivity contribution is -0.113. The van der Waals surface area contributed by atoms with Crippen LogP contribution in [0.3, 0.4) is 0 Å². The summed E-state index contributed by atoms with van der Waals surface area (Å²) in [7, 11) is 0. The topological polar surface area (TPSA) is 59.8 Å². The lowest BCUT2D eigenvalue weighted by Crippen LogP contribution is -2.15. The third-order valence-electron chi connectivity index (χ3n) is 4.23. The molecule has 0 aliphatic carbocycles. The Kier molecular flexibility index (Phi) is 5.85. The summed E-state index contributed by atoms with van der Waals surface area (Å²) in [5, 5.41) is 11.5. The number of nitrogens with one attached hydrogen (secondary N) is 1. The predicted octanol–water partition coefficient (Wildman–Crippen LogP) is 4.94. The highest BCUT2D eigenvalue weighted by Gasteiger charge is 2.17. The van der Waals surface area contributed by atoms with Crippen LogP contribution >= 0.6 is 11.8 Å². The minimum absolute atomic E-state index is 0.0166. The average molecular weight is 422 g/mol. The highest BCUT2D eigenvalue weighted by molar-refractivity contribution is 7.99. The Hall–Kier alpha value is -3.52. The van der Waals surface area contributed by atoms with Crippen molar-refractivity contribution >= 4 is 23.4 Å². The number of carbonyl (C=O) groups is 1. The Balaban J connectivity index is 1.59. The molecule has 0 saturated carbocycles. The van der Waals surface area contributed by atoms with E-state index in [0.717, 1.165) is 5.69 Å². The van der Waals surface area contributed by atoms with Gasteiger partial charge in [-0.3, -0.25) is 9.36 Å². The SMILES string of the molecule is O=C(CSc1nnc(-c2ccc(F)cc2)n1-c1ccccc1)Nc1ccccc1F. The maximum Gasteiger partial charge on any atom is 0.234 e. The minimum Gasteiger partial charge on any atom is -0.323 e. The Morgan fingerprint density at radius 2 is 1.60 bits per heavy atom. The highest BCUT2D eigenvalue weighted by atomic mass is 32.2. The number of hydrogen-bond donors (Lipinski definition) is 1. The molecule has 0 fully saturated rings. The van der Waals surface area contributed by atoms with E-state index >= 15 is 0 Å². The maximum atomic E-state index is 13.7. The summed E-state index contributed by atoms with van der Waals surface area (Å²) in [4.78, 5) is 12.3. The Labute approximate surface area is 175 Å². The van der Waals surface area contributed by atoms with Crippen LogP contribution in [0, 0.1) is 11.6 Å². The average Bonchev–Trinajstić information content (AvgIpc) is 3.19. The van der Waals surface area contributed by atoms with E-state index in [0.29, 0.717) is 16.5 Å². The van der Waals surface area contributed by atoms with Crippen LogP contribution in [0.25, 0.3) is 17.1 Å². The normalized spacial score (nSPS) is 10.7. The summed E-state index contributed by atoms with van der Waals surface area (Å²) in [5.74, 6) is -0.664. The number of benzene rings is 3. The molecule has 8 heteroatoms. The van der Waals surface area contributed by atoms with Gasteiger partial charge < -0.3 is 5.32 Å². The number of carbonyl (C=O) groups excluding carboxylic acids is 1. The largest absolute Gasteiger partial charge is 0.323 e. The number of nitrogens with zero attached hydrogens (tertiary/aromatic N) is 3. The molecule has 0 bridgehead atoms. The number of aromatic nitrogens is 3. The number of amides is 1. The molecular formula is C22H16F2N4OS. The van der Waals surface area contributed by atoms with Crippen LogP contribution in [0.5, 0.6) is 0 Å². The highest BCUT2D eigenvalue weighted by Crippen LogP contribution is 2.28. The lowest BCUT2D eigenvalue weighted by atomic mass is 10.2. The molecule has 5 nitrogen and oxygen atoms in total. The number of anilines is 1. The molecule has 1 aromatic heterocycles. The smallest absolute Gasteiger partial charge is 0.234 e. The molecule has 150 valence electrons. The van der Waals surface area contributed by atoms with E-state index in [4.69, 9.17) is 0 Å². The number of hydrogen-bond acceptors (Lipinski definition) is 4. The van der Waals surface area contributed by atoms with Crippen molar-refractivity contribution in [3.8, 4) is 17.1 Å². The number of halogens is 2. The summed E-state index contributed by atoms with van der Waals surface area (Å²) in [6.45, 7) is 0. The molecule has 1 N–H and O–H groups in total. The third-order valence-corrected chi connectivity index (χ3v) is 5.16. The molecule has 0 atom stereocenters. The predicted molar refractivity (Wildman–Crippen MR) is 113 cm³/mol. The molecule has 0 saturated heterocycles. The van der Waals surface area contributed by atoms with Crippen molar-refractivity contribution in [2.24, 2.45) is 0 Å². The second-order valence-electron chi connectivity index (χ2n) is 6.30. The van der Waals surface area contributed by atoms with Crippen LogP contribution in [-0.4, -0.2) is 26.4 Å². The first-order valence-electron chi connectivity index (χ1n) is 9.06. The molecule has 0 aliphatic rings. The summed E-state index contributed by atoms with van der Waals surface area (Å²) in [6, 6.07) is 21.4. The van der Waals surface area contributed by atoms with Crippen LogP contribution in [-0.2, 0) is 4.79 Å². The molecule has 4 aromatic rings. The first-order chi connectivity index (χ1) is 14.6. The zero-order valence-electron chi connectivity index (χ0n) is 15.6. The van der Waals surface area contributed by atoms with Gasteiger partial charge in [0.05, 0.1) is 11.4 Å². The molecule has 1 amide bonds. The minimum atomic E-state index is -0.498. The van der Waals surface area contributed by atoms with Gasteiger partial charge in [0.2, 0.25) is 5.91 Å². The number of para-hydroxylation sites is 2. The Morgan fingerprint density at radius 1 is 0.900 bits per heavy atom. The van der Waals surface area contributed by atoms with E-state index in [2.05, 4.69) is 15.5 Å². The van der Waals surface area contributed by atoms with Gasteiger partial charge in [-0.05, 0) is 48.5 Å². The monoisotopic (exact) mass is 422 g/mol. The van der Waals surface area contributed by atoms with Gasteiger partial charge >= 0.3 is 0 Å². The number of rotatable bonds is 6. The van der Waals surface area contributed by atoms with Crippen LogP contribution in [0.2, 0.25) is 0 Å². The fourth-order valence-corrected chi connectivity index (χ4v) is 3.59. The van der Waals surface area contributed by atoms with Crippen LogP contribution in [0.4, 0.5) is 14.5 Å². The van der Waals surface area contributed by atoms with Crippen molar-refractivity contribution in [2.45, 2.75) is 5.16 Å². The van der Waals surface area contributed by atoms with Crippen molar-refractivity contribution in [3.63, 3.8) is 0 Å². The van der Waals surface area contributed by atoms with Crippen molar-refractivity contribution < 1.29 is 13.6 Å². The van der Waals surface area contributed by atoms with Crippen molar-refractivity contribution in [1.29, 1.82) is 0 Å². The van der Waals surface area contributed by atoms with Crippen molar-refractivity contribution in [1.82, 2.24) is 14.8 Å². The molecule has 1 heterocycles. The summed E-state index contributed by atoms with van der Waals surface area (Å²) < 4.78 is 28.9. The van der Waals surface area contributed by atoms with E-state index in [9.17, 15) is 13.6 Å². The van der Waals surface area contributed by atoms with Gasteiger partial charge in [-0.25, -0.2) is 8.78 Å². The molecule has 0 spiro atoms. The van der Waals surface area contributed by atoms with Gasteiger partial charge in [-0.15, -0.1) is 10.2 Å². The van der Waals surface area contributed by atoms with Gasteiger partial charge in [-0.2, -0.15) is 0 Å². The van der Waals surface area contributed by atoms with E-state index < -0.39 is 5.82 Å². The first kappa shape index (κ1) is 19.8. The van der Waals surface area contributed by atoms with Crippen LogP contribution in [0.15, 0.2) is 84.0 Å².